The maximum absolute atomic E-state index is 11.7. The average molecular weight is 258 g/mol. The lowest BCUT2D eigenvalue weighted by Crippen LogP contribution is -2.16. The number of Topliss-reactive ketones (excluding diaryl/α,β-unsaturated/α-hetero) is 1. The van der Waals surface area contributed by atoms with E-state index in [2.05, 4.69) is 39.8 Å². The molecule has 1 unspecified atom stereocenters. The quantitative estimate of drug-likeness (QED) is 0.693. The molecule has 0 amide bonds. The maximum atomic E-state index is 11.7. The fourth-order valence-corrected chi connectivity index (χ4v) is 3.50. The maximum Gasteiger partial charge on any atom is 0.159 e. The number of hydrogen-bond acceptors (Lipinski definition) is 1. The number of aryl methyl sites for hydroxylation is 1. The fraction of sp³-hybridized carbons (Fsp3) is 0.611. The molecule has 19 heavy (non-hydrogen) atoms. The number of carbonyl (C=O) groups excluding carboxylic acids is 1. The Balaban J connectivity index is 2.59. The molecule has 1 heteroatoms. The zero-order valence-corrected chi connectivity index (χ0v) is 13.0. The Labute approximate surface area is 117 Å². The third-order valence-corrected chi connectivity index (χ3v) is 4.61. The molecule has 1 aromatic carbocycles. The summed E-state index contributed by atoms with van der Waals surface area (Å²) in [5.41, 5.74) is 5.53. The van der Waals surface area contributed by atoms with Crippen LogP contribution in [-0.2, 0) is 11.8 Å². The molecule has 1 aromatic rings. The molecule has 0 aliphatic heterocycles. The molecule has 0 radical (unpaired) electrons. The van der Waals surface area contributed by atoms with Crippen LogP contribution >= 0.6 is 0 Å². The van der Waals surface area contributed by atoms with Crippen molar-refractivity contribution in [3.63, 3.8) is 0 Å². The number of rotatable bonds is 4. The fourth-order valence-electron chi connectivity index (χ4n) is 3.50. The molecule has 1 atom stereocenters. The molecule has 1 aliphatic carbocycles. The van der Waals surface area contributed by atoms with Gasteiger partial charge in [-0.2, -0.15) is 0 Å². The van der Waals surface area contributed by atoms with Gasteiger partial charge in [-0.1, -0.05) is 34.1 Å². The van der Waals surface area contributed by atoms with Crippen LogP contribution in [0, 0.1) is 0 Å². The van der Waals surface area contributed by atoms with Gasteiger partial charge in [0, 0.05) is 5.56 Å². The molecule has 0 aromatic heterocycles. The van der Waals surface area contributed by atoms with E-state index in [1.807, 2.05) is 0 Å². The summed E-state index contributed by atoms with van der Waals surface area (Å²) in [6, 6.07) is 4.29. The summed E-state index contributed by atoms with van der Waals surface area (Å²) in [6.07, 6.45) is 4.72. The molecule has 1 nitrogen and oxygen atoms in total. The predicted molar refractivity (Wildman–Crippen MR) is 81.1 cm³/mol. The molecule has 0 spiro atoms. The molecule has 104 valence electrons. The molecule has 2 rings (SSSR count). The number of fused-ring (bicyclic) bond motifs is 1. The van der Waals surface area contributed by atoms with Gasteiger partial charge >= 0.3 is 0 Å². The summed E-state index contributed by atoms with van der Waals surface area (Å²) in [5, 5.41) is 0. The van der Waals surface area contributed by atoms with Gasteiger partial charge in [-0.05, 0) is 66.3 Å². The first kappa shape index (κ1) is 14.3. The Morgan fingerprint density at radius 1 is 1.37 bits per heavy atom. The van der Waals surface area contributed by atoms with Gasteiger partial charge in [-0.3, -0.25) is 4.79 Å². The van der Waals surface area contributed by atoms with Crippen molar-refractivity contribution in [3.8, 4) is 0 Å². The molecule has 0 heterocycles. The SMILES string of the molecule is CCCC(C)c1cc(C(C)=O)cc2c1C(C)(C)CC2. The van der Waals surface area contributed by atoms with Crippen molar-refractivity contribution in [1.82, 2.24) is 0 Å². The van der Waals surface area contributed by atoms with E-state index in [1.165, 1.54) is 36.0 Å². The predicted octanol–water partition coefficient (Wildman–Crippen LogP) is 5.02. The van der Waals surface area contributed by atoms with E-state index in [-0.39, 0.29) is 11.2 Å². The number of hydrogen-bond donors (Lipinski definition) is 0. The van der Waals surface area contributed by atoms with E-state index in [1.54, 1.807) is 6.92 Å². The van der Waals surface area contributed by atoms with Crippen molar-refractivity contribution in [3.05, 3.63) is 34.4 Å². The third-order valence-electron chi connectivity index (χ3n) is 4.61. The first-order valence-electron chi connectivity index (χ1n) is 7.55. The van der Waals surface area contributed by atoms with Crippen molar-refractivity contribution in [2.75, 3.05) is 0 Å². The first-order valence-corrected chi connectivity index (χ1v) is 7.55. The number of carbonyl (C=O) groups is 1. The van der Waals surface area contributed by atoms with Crippen LogP contribution in [0.5, 0.6) is 0 Å². The van der Waals surface area contributed by atoms with E-state index in [9.17, 15) is 4.79 Å². The topological polar surface area (TPSA) is 17.1 Å². The lowest BCUT2D eigenvalue weighted by atomic mass is 9.78. The molecule has 0 N–H and O–H groups in total. The Morgan fingerprint density at radius 3 is 2.63 bits per heavy atom. The second-order valence-corrected chi connectivity index (χ2v) is 6.73. The highest BCUT2D eigenvalue weighted by atomic mass is 16.1. The minimum Gasteiger partial charge on any atom is -0.295 e. The summed E-state index contributed by atoms with van der Waals surface area (Å²) >= 11 is 0. The van der Waals surface area contributed by atoms with E-state index >= 15 is 0 Å². The summed E-state index contributed by atoms with van der Waals surface area (Å²) in [7, 11) is 0. The molecule has 0 fully saturated rings. The number of benzene rings is 1. The van der Waals surface area contributed by atoms with Gasteiger partial charge in [0.05, 0.1) is 0 Å². The zero-order valence-electron chi connectivity index (χ0n) is 13.0. The van der Waals surface area contributed by atoms with Gasteiger partial charge < -0.3 is 0 Å². The summed E-state index contributed by atoms with van der Waals surface area (Å²) in [4.78, 5) is 11.7. The summed E-state index contributed by atoms with van der Waals surface area (Å²) in [6.45, 7) is 10.9. The van der Waals surface area contributed by atoms with Gasteiger partial charge in [0.25, 0.3) is 0 Å². The smallest absolute Gasteiger partial charge is 0.159 e. The molecule has 0 bridgehead atoms. The van der Waals surface area contributed by atoms with Gasteiger partial charge in [-0.15, -0.1) is 0 Å². The molecule has 0 saturated heterocycles. The summed E-state index contributed by atoms with van der Waals surface area (Å²) < 4.78 is 0. The Hall–Kier alpha value is -1.11. The van der Waals surface area contributed by atoms with E-state index < -0.39 is 0 Å². The monoisotopic (exact) mass is 258 g/mol. The van der Waals surface area contributed by atoms with Crippen LogP contribution in [-0.4, -0.2) is 5.78 Å². The Kier molecular flexibility index (Phi) is 3.85. The van der Waals surface area contributed by atoms with E-state index in [0.717, 1.165) is 12.0 Å². The van der Waals surface area contributed by atoms with Crippen LogP contribution in [0.4, 0.5) is 0 Å². The van der Waals surface area contributed by atoms with Crippen LogP contribution < -0.4 is 0 Å². The van der Waals surface area contributed by atoms with Crippen molar-refractivity contribution in [1.29, 1.82) is 0 Å². The summed E-state index contributed by atoms with van der Waals surface area (Å²) in [5.74, 6) is 0.743. The minimum absolute atomic E-state index is 0.192. The second kappa shape index (κ2) is 5.11. The van der Waals surface area contributed by atoms with Gasteiger partial charge in [0.15, 0.2) is 5.78 Å². The van der Waals surface area contributed by atoms with Gasteiger partial charge in [-0.25, -0.2) is 0 Å². The second-order valence-electron chi connectivity index (χ2n) is 6.73. The first-order chi connectivity index (χ1) is 8.86. The third kappa shape index (κ3) is 2.61. The average Bonchev–Trinajstić information content (AvgIpc) is 2.65. The van der Waals surface area contributed by atoms with E-state index in [4.69, 9.17) is 0 Å². The van der Waals surface area contributed by atoms with Crippen LogP contribution in [0.25, 0.3) is 0 Å². The van der Waals surface area contributed by atoms with Gasteiger partial charge in [0.1, 0.15) is 0 Å². The van der Waals surface area contributed by atoms with Crippen LogP contribution in [0.3, 0.4) is 0 Å². The van der Waals surface area contributed by atoms with Gasteiger partial charge in [0.2, 0.25) is 0 Å². The largest absolute Gasteiger partial charge is 0.295 e. The standard InChI is InChI=1S/C18H26O/c1-6-7-12(2)16-11-15(13(3)19)10-14-8-9-18(4,5)17(14)16/h10-12H,6-9H2,1-5H3. The van der Waals surface area contributed by atoms with E-state index in [0.29, 0.717) is 5.92 Å². The Bertz CT molecular complexity index is 497. The van der Waals surface area contributed by atoms with Crippen molar-refractivity contribution in [2.24, 2.45) is 0 Å². The molecular formula is C18H26O. The highest BCUT2D eigenvalue weighted by Gasteiger charge is 2.33. The van der Waals surface area contributed by atoms with Crippen LogP contribution in [0.1, 0.15) is 86.8 Å². The molecule has 1 aliphatic rings. The molecular weight excluding hydrogens is 232 g/mol. The highest BCUT2D eigenvalue weighted by molar-refractivity contribution is 5.94. The normalized spacial score (nSPS) is 18.2. The van der Waals surface area contributed by atoms with Crippen LogP contribution in [0.15, 0.2) is 12.1 Å². The zero-order chi connectivity index (χ0) is 14.2. The minimum atomic E-state index is 0.192. The highest BCUT2D eigenvalue weighted by Crippen LogP contribution is 2.44. The Morgan fingerprint density at radius 2 is 2.05 bits per heavy atom. The number of ketones is 1. The lowest BCUT2D eigenvalue weighted by molar-refractivity contribution is 0.101. The lowest BCUT2D eigenvalue weighted by Gasteiger charge is -2.26. The van der Waals surface area contributed by atoms with Crippen LogP contribution in [0.2, 0.25) is 0 Å². The van der Waals surface area contributed by atoms with Crippen molar-refractivity contribution >= 4 is 5.78 Å². The van der Waals surface area contributed by atoms with Crippen molar-refractivity contribution in [2.45, 2.75) is 71.6 Å². The van der Waals surface area contributed by atoms with Crippen molar-refractivity contribution < 1.29 is 4.79 Å². The molecule has 0 saturated carbocycles.